The summed E-state index contributed by atoms with van der Waals surface area (Å²) in [5.41, 5.74) is 0. The van der Waals surface area contributed by atoms with Gasteiger partial charge in [-0.1, -0.05) is 31.9 Å². The van der Waals surface area contributed by atoms with E-state index in [9.17, 15) is 0 Å². The van der Waals surface area contributed by atoms with Gasteiger partial charge in [-0.25, -0.2) is 0 Å². The van der Waals surface area contributed by atoms with Crippen LogP contribution in [0.15, 0.2) is 0 Å². The van der Waals surface area contributed by atoms with Gasteiger partial charge in [-0.15, -0.1) is 0 Å². The molecule has 0 saturated carbocycles. The van der Waals surface area contributed by atoms with Crippen molar-refractivity contribution in [3.63, 3.8) is 0 Å². The van der Waals surface area contributed by atoms with E-state index in [1.165, 1.54) is 0 Å². The smallest absolute Gasteiger partial charge is 0.0395 e. The van der Waals surface area contributed by atoms with Crippen molar-refractivity contribution in [1.82, 2.24) is 0 Å². The average Bonchev–Trinajstić information content (AvgIpc) is 1.36. The van der Waals surface area contributed by atoms with Crippen molar-refractivity contribution in [1.29, 1.82) is 0 Å². The Balaban J connectivity index is 2.99. The molecule has 0 radical (unpaired) electrons. The van der Waals surface area contributed by atoms with E-state index < -0.39 is 10.6 Å². The summed E-state index contributed by atoms with van der Waals surface area (Å²) < 4.78 is 13.4. The number of halogens is 2. The highest BCUT2D eigenvalue weighted by molar-refractivity contribution is 9.11. The Hall–Kier alpha value is 0.960. The largest absolute Gasteiger partial charge is 0.0919 e. The molecule has 0 aliphatic rings. The number of rotatable bonds is 1. The van der Waals surface area contributed by atoms with Crippen molar-refractivity contribution < 1.29 is 2.74 Å². The van der Waals surface area contributed by atoms with E-state index in [-0.39, 0.29) is 0 Å². The highest BCUT2D eigenvalue weighted by Gasteiger charge is 1.60. The lowest BCUT2D eigenvalue weighted by molar-refractivity contribution is 1.62. The third-order valence-corrected chi connectivity index (χ3v) is 1.29. The first kappa shape index (κ1) is 2.19. The lowest BCUT2D eigenvalue weighted by Crippen LogP contribution is -1.61. The van der Waals surface area contributed by atoms with Crippen LogP contribution in [0.2, 0.25) is 0 Å². The number of hydrogen-bond acceptors (Lipinski definition) is 0. The minimum atomic E-state index is -0.502. The summed E-state index contributed by atoms with van der Waals surface area (Å²) in [4.78, 5) is 0. The molecule has 2 atom stereocenters. The van der Waals surface area contributed by atoms with E-state index in [0.717, 1.165) is 0 Å². The highest BCUT2D eigenvalue weighted by Crippen LogP contribution is 1.82. The van der Waals surface area contributed by atoms with Crippen LogP contribution in [-0.2, 0) is 0 Å². The maximum absolute atomic E-state index is 6.71. The second-order valence-corrected chi connectivity index (χ2v) is 1.31. The summed E-state index contributed by atoms with van der Waals surface area (Å²) in [7, 11) is 0. The fraction of sp³-hybridized carbons (Fsp3) is 1.00. The van der Waals surface area contributed by atoms with Gasteiger partial charge < -0.3 is 0 Å². The molecule has 0 aliphatic heterocycles. The van der Waals surface area contributed by atoms with E-state index >= 15 is 0 Å². The minimum Gasteiger partial charge on any atom is -0.0919 e. The van der Waals surface area contributed by atoms with Gasteiger partial charge in [0, 0.05) is 13.4 Å². The number of alkyl halides is 2. The van der Waals surface area contributed by atoms with Gasteiger partial charge in [0.2, 0.25) is 0 Å². The van der Waals surface area contributed by atoms with Crippen molar-refractivity contribution in [2.75, 3.05) is 10.6 Å². The second kappa shape index (κ2) is 3.96. The standard InChI is InChI=1S/C2H4Br2/c3-1-2-4/h1-2H2/i1D,2D/t1-,2-/m1/s1. The Labute approximate surface area is 45.6 Å². The molecule has 0 saturated heterocycles. The Morgan fingerprint density at radius 2 is 1.75 bits per heavy atom. The Bertz CT molecular complexity index is 30.5. The van der Waals surface area contributed by atoms with Gasteiger partial charge >= 0.3 is 0 Å². The molecule has 0 aromatic rings. The van der Waals surface area contributed by atoms with Crippen LogP contribution in [0.5, 0.6) is 0 Å². The van der Waals surface area contributed by atoms with Crippen LogP contribution in [-0.4, -0.2) is 10.6 Å². The molecule has 0 aliphatic carbocycles. The molecule has 0 aromatic heterocycles. The third-order valence-electron chi connectivity index (χ3n) is 0.0476. The summed E-state index contributed by atoms with van der Waals surface area (Å²) in [5, 5.41) is -1.00. The lowest BCUT2D eigenvalue weighted by atomic mass is 11.0. The minimum absolute atomic E-state index is 0.502. The summed E-state index contributed by atoms with van der Waals surface area (Å²) in [6, 6.07) is 0. The fourth-order valence-corrected chi connectivity index (χ4v) is 0. The molecule has 4 heavy (non-hydrogen) atoms. The van der Waals surface area contributed by atoms with Crippen LogP contribution in [0.3, 0.4) is 0 Å². The monoisotopic (exact) mass is 188 g/mol. The van der Waals surface area contributed by atoms with Crippen molar-refractivity contribution in [2.45, 2.75) is 0 Å². The van der Waals surface area contributed by atoms with Crippen LogP contribution in [0.25, 0.3) is 0 Å². The lowest BCUT2D eigenvalue weighted by Gasteiger charge is -1.63. The summed E-state index contributed by atoms with van der Waals surface area (Å²) >= 11 is 5.74. The first-order chi connectivity index (χ1) is 2.64. The predicted molar refractivity (Wildman–Crippen MR) is 27.6 cm³/mol. The Kier molecular flexibility index (Phi) is 2.17. The number of hydrogen-bond donors (Lipinski definition) is 0. The molecule has 26 valence electrons. The normalized spacial score (nSPS) is 30.5. The Morgan fingerprint density at radius 1 is 1.50 bits per heavy atom. The summed E-state index contributed by atoms with van der Waals surface area (Å²) in [5.74, 6) is 0. The van der Waals surface area contributed by atoms with Crippen LogP contribution in [0.4, 0.5) is 0 Å². The predicted octanol–water partition coefficient (Wildman–Crippen LogP) is 1.78. The van der Waals surface area contributed by atoms with E-state index in [2.05, 4.69) is 31.9 Å². The maximum atomic E-state index is 6.71. The molecule has 2 heteroatoms. The van der Waals surface area contributed by atoms with E-state index in [0.29, 0.717) is 0 Å². The molecule has 0 fully saturated rings. The van der Waals surface area contributed by atoms with Crippen LogP contribution >= 0.6 is 31.9 Å². The fourth-order valence-electron chi connectivity index (χ4n) is 0. The molecule has 0 nitrogen and oxygen atoms in total. The topological polar surface area (TPSA) is 0 Å². The van der Waals surface area contributed by atoms with Gasteiger partial charge in [0.25, 0.3) is 0 Å². The summed E-state index contributed by atoms with van der Waals surface area (Å²) in [6.45, 7) is 0. The van der Waals surface area contributed by atoms with Gasteiger partial charge in [0.1, 0.15) is 0 Å². The zero-order chi connectivity index (χ0) is 5.15. The molecular formula is C2H4Br2. The maximum Gasteiger partial charge on any atom is 0.0395 e. The highest BCUT2D eigenvalue weighted by atomic mass is 79.9. The quantitative estimate of drug-likeness (QED) is 0.552. The van der Waals surface area contributed by atoms with Crippen molar-refractivity contribution in [2.24, 2.45) is 0 Å². The first-order valence-corrected chi connectivity index (χ1v) is 2.60. The SMILES string of the molecule is [2H][C@@H](Br)[C@@H]([2H])Br. The van der Waals surface area contributed by atoms with Crippen molar-refractivity contribution in [3.8, 4) is 0 Å². The summed E-state index contributed by atoms with van der Waals surface area (Å²) in [6.07, 6.45) is 0. The second-order valence-electron chi connectivity index (χ2n) is 0.252. The molecule has 0 N–H and O–H groups in total. The molecule has 0 rings (SSSR count). The van der Waals surface area contributed by atoms with Gasteiger partial charge in [-0.2, -0.15) is 0 Å². The van der Waals surface area contributed by atoms with Crippen molar-refractivity contribution >= 4 is 31.9 Å². The van der Waals surface area contributed by atoms with E-state index in [1.54, 1.807) is 0 Å². The molecule has 0 bridgehead atoms. The molecule has 0 aromatic carbocycles. The van der Waals surface area contributed by atoms with Crippen LogP contribution in [0.1, 0.15) is 2.74 Å². The van der Waals surface area contributed by atoms with Crippen molar-refractivity contribution in [3.05, 3.63) is 0 Å². The zero-order valence-electron chi connectivity index (χ0n) is 3.91. The molecule has 0 unspecified atom stereocenters. The zero-order valence-corrected chi connectivity index (χ0v) is 5.08. The van der Waals surface area contributed by atoms with Gasteiger partial charge in [-0.3, -0.25) is 0 Å². The van der Waals surface area contributed by atoms with Gasteiger partial charge in [0.05, 0.1) is 0 Å². The molecular weight excluding hydrogens is 184 g/mol. The van der Waals surface area contributed by atoms with E-state index in [1.807, 2.05) is 0 Å². The average molecular weight is 190 g/mol. The molecule has 0 heterocycles. The van der Waals surface area contributed by atoms with Gasteiger partial charge in [-0.05, 0) is 0 Å². The first-order valence-electron chi connectivity index (χ1n) is 1.92. The molecule has 0 amide bonds. The van der Waals surface area contributed by atoms with Crippen LogP contribution < -0.4 is 0 Å². The third kappa shape index (κ3) is 2.96. The Morgan fingerprint density at radius 3 is 1.75 bits per heavy atom. The van der Waals surface area contributed by atoms with E-state index in [4.69, 9.17) is 2.74 Å². The van der Waals surface area contributed by atoms with Crippen LogP contribution in [0, 0.1) is 0 Å². The molecule has 0 spiro atoms. The van der Waals surface area contributed by atoms with Gasteiger partial charge in [0.15, 0.2) is 0 Å².